The first-order valence-corrected chi connectivity index (χ1v) is 8.13. The molecular formula is C16H23NO5. The van der Waals surface area contributed by atoms with Crippen LogP contribution >= 0.6 is 0 Å². The number of nitrogens with one attached hydrogen (secondary N) is 1. The second kappa shape index (κ2) is 5.56. The number of hydrogen-bond donors (Lipinski definition) is 3. The van der Waals surface area contributed by atoms with E-state index >= 15 is 0 Å². The van der Waals surface area contributed by atoms with Gasteiger partial charge in [0.2, 0.25) is 5.91 Å². The number of carboxylic acid groups (broad SMARTS) is 2. The largest absolute Gasteiger partial charge is 0.481 e. The van der Waals surface area contributed by atoms with Crippen molar-refractivity contribution < 1.29 is 24.6 Å². The van der Waals surface area contributed by atoms with Gasteiger partial charge < -0.3 is 15.5 Å². The normalized spacial score (nSPS) is 36.8. The van der Waals surface area contributed by atoms with Crippen molar-refractivity contribution in [3.63, 3.8) is 0 Å². The van der Waals surface area contributed by atoms with E-state index in [2.05, 4.69) is 5.32 Å². The van der Waals surface area contributed by atoms with Gasteiger partial charge in [0, 0.05) is 11.8 Å². The Balaban J connectivity index is 1.67. The summed E-state index contributed by atoms with van der Waals surface area (Å²) < 4.78 is 0. The molecule has 4 saturated carbocycles. The molecule has 3 N–H and O–H groups in total. The van der Waals surface area contributed by atoms with E-state index in [1.807, 2.05) is 0 Å². The van der Waals surface area contributed by atoms with Crippen LogP contribution in [0.1, 0.15) is 51.4 Å². The third-order valence-electron chi connectivity index (χ3n) is 5.77. The van der Waals surface area contributed by atoms with Crippen molar-refractivity contribution in [2.24, 2.45) is 23.2 Å². The van der Waals surface area contributed by atoms with Crippen molar-refractivity contribution in [3.05, 3.63) is 0 Å². The van der Waals surface area contributed by atoms with Gasteiger partial charge in [0.1, 0.15) is 6.04 Å². The molecule has 4 aliphatic rings. The Kier molecular flexibility index (Phi) is 3.87. The van der Waals surface area contributed by atoms with Crippen molar-refractivity contribution in [1.82, 2.24) is 5.32 Å². The number of carbonyl (C=O) groups excluding carboxylic acids is 1. The third-order valence-corrected chi connectivity index (χ3v) is 5.77. The zero-order chi connectivity index (χ0) is 15.9. The van der Waals surface area contributed by atoms with Crippen LogP contribution in [0.4, 0.5) is 0 Å². The molecule has 1 amide bonds. The molecular weight excluding hydrogens is 286 g/mol. The number of aliphatic carboxylic acids is 2. The highest BCUT2D eigenvalue weighted by Crippen LogP contribution is 2.60. The summed E-state index contributed by atoms with van der Waals surface area (Å²) >= 11 is 0. The molecule has 6 nitrogen and oxygen atoms in total. The van der Waals surface area contributed by atoms with Crippen LogP contribution in [0, 0.1) is 23.2 Å². The maximum absolute atomic E-state index is 12.7. The average molecular weight is 309 g/mol. The number of amides is 1. The van der Waals surface area contributed by atoms with Crippen molar-refractivity contribution >= 4 is 17.8 Å². The Hall–Kier alpha value is -1.59. The molecule has 0 radical (unpaired) electrons. The minimum Gasteiger partial charge on any atom is -0.481 e. The monoisotopic (exact) mass is 309 g/mol. The standard InChI is InChI=1S/C16H23NO5/c18-13(19)2-1-12(14(20)21)17-15(22)16-6-9-3-10(7-16)5-11(4-9)8-16/h9-12H,1-8H2,(H,17,22)(H,18,19)(H,20,21)/t9?,10?,11?,12-,16?/m0/s1. The molecule has 0 spiro atoms. The van der Waals surface area contributed by atoms with Gasteiger partial charge in [-0.25, -0.2) is 4.79 Å². The molecule has 4 bridgehead atoms. The van der Waals surface area contributed by atoms with Gasteiger partial charge in [-0.05, 0) is 62.7 Å². The molecule has 4 aliphatic carbocycles. The quantitative estimate of drug-likeness (QED) is 0.692. The molecule has 0 aromatic heterocycles. The Morgan fingerprint density at radius 3 is 1.91 bits per heavy atom. The first-order valence-electron chi connectivity index (χ1n) is 8.13. The predicted octanol–water partition coefficient (Wildman–Crippen LogP) is 1.64. The Labute approximate surface area is 129 Å². The lowest BCUT2D eigenvalue weighted by molar-refractivity contribution is -0.152. The highest BCUT2D eigenvalue weighted by atomic mass is 16.4. The second-order valence-corrected chi connectivity index (χ2v) is 7.49. The van der Waals surface area contributed by atoms with Crippen LogP contribution in [0.5, 0.6) is 0 Å². The summed E-state index contributed by atoms with van der Waals surface area (Å²) in [5, 5.41) is 20.5. The lowest BCUT2D eigenvalue weighted by Crippen LogP contribution is -2.56. The van der Waals surface area contributed by atoms with Crippen molar-refractivity contribution in [2.75, 3.05) is 0 Å². The molecule has 6 heteroatoms. The molecule has 122 valence electrons. The van der Waals surface area contributed by atoms with Gasteiger partial charge in [-0.15, -0.1) is 0 Å². The maximum atomic E-state index is 12.7. The van der Waals surface area contributed by atoms with Crippen molar-refractivity contribution in [2.45, 2.75) is 57.4 Å². The smallest absolute Gasteiger partial charge is 0.326 e. The molecule has 1 atom stereocenters. The number of carboxylic acids is 2. The van der Waals surface area contributed by atoms with Gasteiger partial charge in [-0.1, -0.05) is 0 Å². The Morgan fingerprint density at radius 2 is 1.50 bits per heavy atom. The first kappa shape index (κ1) is 15.3. The molecule has 0 unspecified atom stereocenters. The molecule has 4 rings (SSSR count). The summed E-state index contributed by atoms with van der Waals surface area (Å²) in [5.74, 6) is -0.531. The van der Waals surface area contributed by atoms with E-state index in [-0.39, 0.29) is 18.7 Å². The molecule has 0 aromatic carbocycles. The van der Waals surface area contributed by atoms with Crippen LogP contribution in [-0.4, -0.2) is 34.1 Å². The van der Waals surface area contributed by atoms with E-state index < -0.39 is 23.4 Å². The highest BCUT2D eigenvalue weighted by Gasteiger charge is 2.54. The molecule has 0 aliphatic heterocycles. The fourth-order valence-electron chi connectivity index (χ4n) is 5.23. The fourth-order valence-corrected chi connectivity index (χ4v) is 5.23. The zero-order valence-corrected chi connectivity index (χ0v) is 12.6. The second-order valence-electron chi connectivity index (χ2n) is 7.49. The lowest BCUT2D eigenvalue weighted by Gasteiger charge is -2.55. The molecule has 0 heterocycles. The SMILES string of the molecule is O=C(O)CC[C@H](NC(=O)C12CC3CC(CC(C3)C1)C2)C(=O)O. The number of hydrogen-bond acceptors (Lipinski definition) is 3. The average Bonchev–Trinajstić information content (AvgIpc) is 2.41. The van der Waals surface area contributed by atoms with E-state index in [4.69, 9.17) is 5.11 Å². The van der Waals surface area contributed by atoms with Crippen LogP contribution in [-0.2, 0) is 14.4 Å². The lowest BCUT2D eigenvalue weighted by atomic mass is 9.49. The van der Waals surface area contributed by atoms with Gasteiger partial charge in [-0.2, -0.15) is 0 Å². The summed E-state index contributed by atoms with van der Waals surface area (Å²) in [6, 6.07) is -1.10. The van der Waals surface area contributed by atoms with E-state index in [1.165, 1.54) is 19.3 Å². The summed E-state index contributed by atoms with van der Waals surface area (Å²) in [6.07, 6.45) is 5.94. The van der Waals surface area contributed by atoms with Gasteiger partial charge in [-0.3, -0.25) is 9.59 Å². The molecule has 0 saturated heterocycles. The van der Waals surface area contributed by atoms with Crippen LogP contribution < -0.4 is 5.32 Å². The van der Waals surface area contributed by atoms with E-state index in [0.29, 0.717) is 17.8 Å². The van der Waals surface area contributed by atoms with Crippen molar-refractivity contribution in [3.8, 4) is 0 Å². The summed E-state index contributed by atoms with van der Waals surface area (Å²) in [7, 11) is 0. The summed E-state index contributed by atoms with van der Waals surface area (Å²) in [6.45, 7) is 0. The summed E-state index contributed by atoms with van der Waals surface area (Å²) in [4.78, 5) is 34.6. The number of carbonyl (C=O) groups is 3. The van der Waals surface area contributed by atoms with E-state index in [0.717, 1.165) is 19.3 Å². The van der Waals surface area contributed by atoms with Crippen LogP contribution in [0.3, 0.4) is 0 Å². The fraction of sp³-hybridized carbons (Fsp3) is 0.812. The Morgan fingerprint density at radius 1 is 1.00 bits per heavy atom. The van der Waals surface area contributed by atoms with Crippen LogP contribution in [0.2, 0.25) is 0 Å². The predicted molar refractivity (Wildman–Crippen MR) is 77.0 cm³/mol. The first-order chi connectivity index (χ1) is 10.4. The topological polar surface area (TPSA) is 104 Å². The van der Waals surface area contributed by atoms with Crippen LogP contribution in [0.15, 0.2) is 0 Å². The minimum absolute atomic E-state index is 0.0667. The zero-order valence-electron chi connectivity index (χ0n) is 12.6. The van der Waals surface area contributed by atoms with Crippen LogP contribution in [0.25, 0.3) is 0 Å². The van der Waals surface area contributed by atoms with E-state index in [9.17, 15) is 19.5 Å². The Bertz CT molecular complexity index is 465. The highest BCUT2D eigenvalue weighted by molar-refractivity contribution is 5.88. The molecule has 4 fully saturated rings. The van der Waals surface area contributed by atoms with Gasteiger partial charge in [0.05, 0.1) is 0 Å². The van der Waals surface area contributed by atoms with Gasteiger partial charge in [0.25, 0.3) is 0 Å². The van der Waals surface area contributed by atoms with Gasteiger partial charge in [0.15, 0.2) is 0 Å². The summed E-state index contributed by atoms with van der Waals surface area (Å²) in [5.41, 5.74) is -0.397. The van der Waals surface area contributed by atoms with Crippen molar-refractivity contribution in [1.29, 1.82) is 0 Å². The third kappa shape index (κ3) is 2.83. The molecule has 0 aromatic rings. The number of rotatable bonds is 6. The molecule has 22 heavy (non-hydrogen) atoms. The maximum Gasteiger partial charge on any atom is 0.326 e. The van der Waals surface area contributed by atoms with E-state index in [1.54, 1.807) is 0 Å². The van der Waals surface area contributed by atoms with Gasteiger partial charge >= 0.3 is 11.9 Å². The minimum atomic E-state index is -1.15.